The van der Waals surface area contributed by atoms with Gasteiger partial charge in [-0.1, -0.05) is 12.1 Å². The van der Waals surface area contributed by atoms with E-state index in [9.17, 15) is 9.90 Å². The first-order valence-electron chi connectivity index (χ1n) is 11.0. The number of rotatable bonds is 2. The number of piperidine rings is 1. The number of carbonyl (C=O) groups excluding carboxylic acids is 1. The molecule has 0 spiro atoms. The Labute approximate surface area is 184 Å². The number of fused-ring (bicyclic) bond motifs is 2. The Bertz CT molecular complexity index is 950. The highest BCUT2D eigenvalue weighted by Gasteiger charge is 2.48. The number of H-pyrrole nitrogens is 1. The Morgan fingerprint density at radius 2 is 2.00 bits per heavy atom. The van der Waals surface area contributed by atoms with E-state index in [4.69, 9.17) is 0 Å². The fraction of sp³-hybridized carbons (Fsp3) is 0.542. The average Bonchev–Trinajstić information content (AvgIpc) is 3.35. The van der Waals surface area contributed by atoms with Gasteiger partial charge < -0.3 is 19.9 Å². The molecular formula is C24H32ClN3O2. The van der Waals surface area contributed by atoms with Gasteiger partial charge in [-0.2, -0.15) is 0 Å². The number of halogens is 1. The van der Waals surface area contributed by atoms with Crippen molar-refractivity contribution in [3.63, 3.8) is 0 Å². The normalized spacial score (nSPS) is 26.1. The topological polar surface area (TPSA) is 59.6 Å². The molecule has 1 aromatic carbocycles. The predicted octanol–water partition coefficient (Wildman–Crippen LogP) is 3.67. The molecule has 5 nitrogen and oxygen atoms in total. The molecule has 1 aromatic heterocycles. The summed E-state index contributed by atoms with van der Waals surface area (Å²) in [5.74, 6) is 0.994. The second-order valence-corrected chi connectivity index (χ2v) is 9.38. The number of carbonyl (C=O) groups is 1. The summed E-state index contributed by atoms with van der Waals surface area (Å²) in [6, 6.07) is 7.85. The number of hydrogen-bond acceptors (Lipinski definition) is 3. The first-order valence-corrected chi connectivity index (χ1v) is 11.0. The van der Waals surface area contributed by atoms with Gasteiger partial charge in [-0.25, -0.2) is 0 Å². The quantitative estimate of drug-likeness (QED) is 0.765. The molecule has 2 fully saturated rings. The number of nitrogens with one attached hydrogen (secondary N) is 1. The molecule has 2 aliphatic heterocycles. The van der Waals surface area contributed by atoms with E-state index in [1.807, 2.05) is 17.0 Å². The molecule has 6 heteroatoms. The molecule has 30 heavy (non-hydrogen) atoms. The van der Waals surface area contributed by atoms with Crippen LogP contribution in [0.4, 0.5) is 0 Å². The van der Waals surface area contributed by atoms with Crippen LogP contribution < -0.4 is 0 Å². The van der Waals surface area contributed by atoms with Crippen LogP contribution >= 0.6 is 12.4 Å². The van der Waals surface area contributed by atoms with Gasteiger partial charge in [0.2, 0.25) is 0 Å². The summed E-state index contributed by atoms with van der Waals surface area (Å²) in [6.07, 6.45) is 5.20. The maximum atomic E-state index is 13.1. The van der Waals surface area contributed by atoms with Gasteiger partial charge in [0.05, 0.1) is 0 Å². The SMILES string of the molecule is Cc1c(C(=O)N2CCCC2)[nH]c2c1C[C@H]1CN(C)CC[C@]1(c1cccc(O)c1)C2.Cl. The van der Waals surface area contributed by atoms with Crippen molar-refractivity contribution in [2.24, 2.45) is 5.92 Å². The molecule has 3 aliphatic rings. The molecule has 0 saturated carbocycles. The molecule has 0 bridgehead atoms. The second kappa shape index (κ2) is 7.93. The third-order valence-corrected chi connectivity index (χ3v) is 7.69. The molecule has 1 aliphatic carbocycles. The number of likely N-dealkylation sites (tertiary alicyclic amines) is 2. The molecule has 2 N–H and O–H groups in total. The third-order valence-electron chi connectivity index (χ3n) is 7.69. The first kappa shape index (κ1) is 21.3. The van der Waals surface area contributed by atoms with Crippen molar-refractivity contribution in [1.29, 1.82) is 0 Å². The number of benzene rings is 1. The van der Waals surface area contributed by atoms with Crippen molar-refractivity contribution in [2.45, 2.75) is 44.4 Å². The highest BCUT2D eigenvalue weighted by atomic mass is 35.5. The zero-order valence-electron chi connectivity index (χ0n) is 17.9. The van der Waals surface area contributed by atoms with Crippen molar-refractivity contribution in [2.75, 3.05) is 33.2 Å². The van der Waals surface area contributed by atoms with E-state index in [0.717, 1.165) is 69.5 Å². The maximum absolute atomic E-state index is 13.1. The van der Waals surface area contributed by atoms with Crippen LogP contribution in [-0.2, 0) is 18.3 Å². The highest BCUT2D eigenvalue weighted by molar-refractivity contribution is 5.94. The second-order valence-electron chi connectivity index (χ2n) is 9.38. The van der Waals surface area contributed by atoms with Crippen LogP contribution in [0, 0.1) is 12.8 Å². The van der Waals surface area contributed by atoms with Gasteiger partial charge in [0.15, 0.2) is 0 Å². The number of hydrogen-bond donors (Lipinski definition) is 2. The van der Waals surface area contributed by atoms with E-state index in [0.29, 0.717) is 11.7 Å². The van der Waals surface area contributed by atoms with Crippen LogP contribution in [0.25, 0.3) is 0 Å². The van der Waals surface area contributed by atoms with Gasteiger partial charge in [-0.15, -0.1) is 12.4 Å². The molecule has 162 valence electrons. The fourth-order valence-electron chi connectivity index (χ4n) is 6.01. The third kappa shape index (κ3) is 3.32. The Balaban J connectivity index is 0.00000218. The first-order chi connectivity index (χ1) is 14.0. The monoisotopic (exact) mass is 429 g/mol. The number of aromatic nitrogens is 1. The summed E-state index contributed by atoms with van der Waals surface area (Å²) >= 11 is 0. The zero-order valence-corrected chi connectivity index (χ0v) is 18.7. The van der Waals surface area contributed by atoms with Crippen molar-refractivity contribution >= 4 is 18.3 Å². The minimum Gasteiger partial charge on any atom is -0.508 e. The number of phenols is 1. The van der Waals surface area contributed by atoms with E-state index in [-0.39, 0.29) is 23.7 Å². The lowest BCUT2D eigenvalue weighted by molar-refractivity contribution is 0.0786. The molecule has 2 aromatic rings. The summed E-state index contributed by atoms with van der Waals surface area (Å²) < 4.78 is 0. The summed E-state index contributed by atoms with van der Waals surface area (Å²) in [6.45, 7) is 5.98. The summed E-state index contributed by atoms with van der Waals surface area (Å²) in [7, 11) is 2.20. The van der Waals surface area contributed by atoms with Crippen LogP contribution in [-0.4, -0.2) is 59.0 Å². The van der Waals surface area contributed by atoms with Gasteiger partial charge >= 0.3 is 0 Å². The molecule has 2 saturated heterocycles. The molecule has 5 rings (SSSR count). The standard InChI is InChI=1S/C24H31N3O2.ClH/c1-16-20-13-18-15-26(2)11-8-24(18,17-6-5-7-19(28)12-17)14-21(20)25-22(16)23(29)27-9-3-4-10-27;/h5-7,12,18,25,28H,3-4,8-11,13-15H2,1-2H3;1H/t18-,24+;/m0./s1. The Morgan fingerprint density at radius 3 is 2.73 bits per heavy atom. The Kier molecular flexibility index (Phi) is 5.62. The fourth-order valence-corrected chi connectivity index (χ4v) is 6.01. The minimum atomic E-state index is 0. The van der Waals surface area contributed by atoms with Crippen molar-refractivity contribution < 1.29 is 9.90 Å². The molecular weight excluding hydrogens is 398 g/mol. The van der Waals surface area contributed by atoms with Gasteiger partial charge in [0.25, 0.3) is 5.91 Å². The number of phenolic OH excluding ortho intramolecular Hbond substituents is 1. The van der Waals surface area contributed by atoms with Crippen LogP contribution in [0.2, 0.25) is 0 Å². The molecule has 0 unspecified atom stereocenters. The summed E-state index contributed by atoms with van der Waals surface area (Å²) in [5.41, 5.74) is 5.78. The zero-order chi connectivity index (χ0) is 20.2. The van der Waals surface area contributed by atoms with E-state index in [2.05, 4.69) is 29.9 Å². The Morgan fingerprint density at radius 1 is 1.23 bits per heavy atom. The van der Waals surface area contributed by atoms with Gasteiger partial charge in [0, 0.05) is 30.7 Å². The highest BCUT2D eigenvalue weighted by Crippen LogP contribution is 2.49. The number of amides is 1. The van der Waals surface area contributed by atoms with Crippen molar-refractivity contribution in [3.05, 3.63) is 52.3 Å². The maximum Gasteiger partial charge on any atom is 0.270 e. The van der Waals surface area contributed by atoms with Crippen LogP contribution in [0.5, 0.6) is 5.75 Å². The van der Waals surface area contributed by atoms with Crippen molar-refractivity contribution in [3.8, 4) is 5.75 Å². The van der Waals surface area contributed by atoms with E-state index in [1.54, 1.807) is 6.07 Å². The predicted molar refractivity (Wildman–Crippen MR) is 121 cm³/mol. The minimum absolute atomic E-state index is 0. The Hall–Kier alpha value is -1.98. The van der Waals surface area contributed by atoms with E-state index < -0.39 is 0 Å². The number of aromatic amines is 1. The van der Waals surface area contributed by atoms with Crippen LogP contribution in [0.3, 0.4) is 0 Å². The summed E-state index contributed by atoms with van der Waals surface area (Å²) in [5, 5.41) is 10.2. The van der Waals surface area contributed by atoms with Crippen molar-refractivity contribution in [1.82, 2.24) is 14.8 Å². The van der Waals surface area contributed by atoms with Crippen LogP contribution in [0.1, 0.15) is 52.1 Å². The van der Waals surface area contributed by atoms with Gasteiger partial charge in [-0.05, 0) is 87.4 Å². The largest absolute Gasteiger partial charge is 0.508 e. The lowest BCUT2D eigenvalue weighted by Gasteiger charge is -2.50. The number of aromatic hydroxyl groups is 1. The lowest BCUT2D eigenvalue weighted by atomic mass is 9.58. The van der Waals surface area contributed by atoms with E-state index >= 15 is 0 Å². The molecule has 1 amide bonds. The molecule has 0 radical (unpaired) electrons. The van der Waals surface area contributed by atoms with Gasteiger partial charge in [0.1, 0.15) is 11.4 Å². The average molecular weight is 430 g/mol. The smallest absolute Gasteiger partial charge is 0.270 e. The van der Waals surface area contributed by atoms with E-state index in [1.165, 1.54) is 16.8 Å². The molecule has 2 atom stereocenters. The van der Waals surface area contributed by atoms with Crippen LogP contribution in [0.15, 0.2) is 24.3 Å². The lowest BCUT2D eigenvalue weighted by Crippen LogP contribution is -2.52. The van der Waals surface area contributed by atoms with Gasteiger partial charge in [-0.3, -0.25) is 4.79 Å². The number of nitrogens with zero attached hydrogens (tertiary/aromatic N) is 2. The summed E-state index contributed by atoms with van der Waals surface area (Å²) in [4.78, 5) is 21.1. The molecule has 3 heterocycles.